The molecule has 2 aromatic rings. The second kappa shape index (κ2) is 7.70. The van der Waals surface area contributed by atoms with Crippen molar-refractivity contribution in [2.45, 2.75) is 51.2 Å². The summed E-state index contributed by atoms with van der Waals surface area (Å²) in [6.07, 6.45) is 4.35. The molecule has 2 atom stereocenters. The summed E-state index contributed by atoms with van der Waals surface area (Å²) in [5.74, 6) is 1.42. The van der Waals surface area contributed by atoms with E-state index < -0.39 is 0 Å². The fraction of sp³-hybridized carbons (Fsp3) is 0.556. The minimum Gasteiger partial charge on any atom is -0.384 e. The number of likely N-dealkylation sites (tertiary alicyclic amines) is 1. The lowest BCUT2D eigenvalue weighted by Gasteiger charge is -2.40. The van der Waals surface area contributed by atoms with E-state index in [1.165, 1.54) is 24.8 Å². The van der Waals surface area contributed by atoms with E-state index in [-0.39, 0.29) is 0 Å². The number of benzene rings is 1. The molecule has 0 radical (unpaired) electrons. The maximum atomic E-state index is 5.44. The summed E-state index contributed by atoms with van der Waals surface area (Å²) in [6, 6.07) is 11.7. The zero-order valence-electron chi connectivity index (χ0n) is 13.9. The van der Waals surface area contributed by atoms with Crippen molar-refractivity contribution >= 4 is 0 Å². The number of rotatable bonds is 6. The lowest BCUT2D eigenvalue weighted by atomic mass is 9.91. The van der Waals surface area contributed by atoms with Gasteiger partial charge in [0.25, 0.3) is 0 Å². The molecule has 0 N–H and O–H groups in total. The minimum atomic E-state index is 0.425. The van der Waals surface area contributed by atoms with Crippen molar-refractivity contribution in [2.24, 2.45) is 0 Å². The molecule has 1 aromatic heterocycles. The number of aromatic nitrogens is 2. The van der Waals surface area contributed by atoms with Crippen LogP contribution < -0.4 is 0 Å². The first-order valence-electron chi connectivity index (χ1n) is 8.39. The maximum absolute atomic E-state index is 5.44. The molecule has 0 saturated carbocycles. The lowest BCUT2D eigenvalue weighted by Crippen LogP contribution is -2.39. The molecule has 0 spiro atoms. The van der Waals surface area contributed by atoms with Gasteiger partial charge in [-0.1, -0.05) is 41.9 Å². The monoisotopic (exact) mass is 315 g/mol. The number of hydrogen-bond acceptors (Lipinski definition) is 5. The third-order valence-corrected chi connectivity index (χ3v) is 4.61. The molecule has 1 aromatic carbocycles. The van der Waals surface area contributed by atoms with Crippen LogP contribution >= 0.6 is 0 Å². The summed E-state index contributed by atoms with van der Waals surface area (Å²) in [5.41, 5.74) is 1.37. The third-order valence-electron chi connectivity index (χ3n) is 4.61. The minimum absolute atomic E-state index is 0.425. The third kappa shape index (κ3) is 3.98. The molecule has 5 heteroatoms. The standard InChI is InChI=1S/C18H25N3O2/c1-14-7-6-10-16(15-8-4-3-5-9-15)21(14)13-18-19-17(20-23-18)11-12-22-2/h3-5,8-9,14,16H,6-7,10-13H2,1-2H3/t14-,16+/m0/s1. The van der Waals surface area contributed by atoms with Crippen LogP contribution in [0.25, 0.3) is 0 Å². The van der Waals surface area contributed by atoms with Crippen LogP contribution in [0.2, 0.25) is 0 Å². The van der Waals surface area contributed by atoms with Crippen molar-refractivity contribution in [1.29, 1.82) is 0 Å². The first-order chi connectivity index (χ1) is 11.3. The predicted octanol–water partition coefficient (Wildman–Crippen LogP) is 3.37. The average molecular weight is 315 g/mol. The fourth-order valence-electron chi connectivity index (χ4n) is 3.35. The van der Waals surface area contributed by atoms with Crippen LogP contribution in [0.4, 0.5) is 0 Å². The maximum Gasteiger partial charge on any atom is 0.240 e. The average Bonchev–Trinajstić information content (AvgIpc) is 3.03. The van der Waals surface area contributed by atoms with Crippen molar-refractivity contribution in [3.63, 3.8) is 0 Å². The van der Waals surface area contributed by atoms with E-state index >= 15 is 0 Å². The molecular weight excluding hydrogens is 290 g/mol. The van der Waals surface area contributed by atoms with Crippen LogP contribution in [0.5, 0.6) is 0 Å². The number of ether oxygens (including phenoxy) is 1. The highest BCUT2D eigenvalue weighted by molar-refractivity contribution is 5.20. The summed E-state index contributed by atoms with van der Waals surface area (Å²) in [5, 5.41) is 4.05. The molecular formula is C18H25N3O2. The van der Waals surface area contributed by atoms with E-state index in [1.807, 2.05) is 0 Å². The van der Waals surface area contributed by atoms with Crippen LogP contribution in [0.3, 0.4) is 0 Å². The summed E-state index contributed by atoms with van der Waals surface area (Å²) in [6.45, 7) is 3.61. The van der Waals surface area contributed by atoms with Gasteiger partial charge in [0.05, 0.1) is 13.2 Å². The normalized spacial score (nSPS) is 22.3. The Morgan fingerprint density at radius 3 is 2.87 bits per heavy atom. The zero-order chi connectivity index (χ0) is 16.1. The SMILES string of the molecule is COCCc1noc(CN2[C@@H](c3ccccc3)CCC[C@@H]2C)n1. The molecule has 1 fully saturated rings. The molecule has 2 heterocycles. The Hall–Kier alpha value is -1.72. The first-order valence-corrected chi connectivity index (χ1v) is 8.39. The molecule has 0 bridgehead atoms. The Kier molecular flexibility index (Phi) is 5.41. The Morgan fingerprint density at radius 1 is 1.26 bits per heavy atom. The number of nitrogens with zero attached hydrogens (tertiary/aromatic N) is 3. The van der Waals surface area contributed by atoms with Gasteiger partial charge >= 0.3 is 0 Å². The van der Waals surface area contributed by atoms with Crippen LogP contribution in [0.15, 0.2) is 34.9 Å². The molecule has 0 aliphatic carbocycles. The van der Waals surface area contributed by atoms with Crippen LogP contribution in [0.1, 0.15) is 49.5 Å². The van der Waals surface area contributed by atoms with Crippen molar-refractivity contribution < 1.29 is 9.26 Å². The van der Waals surface area contributed by atoms with E-state index in [1.54, 1.807) is 7.11 Å². The van der Waals surface area contributed by atoms with Gasteiger partial charge in [-0.3, -0.25) is 4.90 Å². The number of methoxy groups -OCH3 is 1. The molecule has 23 heavy (non-hydrogen) atoms. The largest absolute Gasteiger partial charge is 0.384 e. The van der Waals surface area contributed by atoms with Gasteiger partial charge in [-0.15, -0.1) is 0 Å². The molecule has 1 saturated heterocycles. The first kappa shape index (κ1) is 16.1. The molecule has 5 nitrogen and oxygen atoms in total. The Labute approximate surface area is 137 Å². The Morgan fingerprint density at radius 2 is 2.09 bits per heavy atom. The van der Waals surface area contributed by atoms with Gasteiger partial charge in [-0.2, -0.15) is 4.98 Å². The summed E-state index contributed by atoms with van der Waals surface area (Å²) >= 11 is 0. The van der Waals surface area contributed by atoms with Gasteiger partial charge in [0, 0.05) is 25.6 Å². The van der Waals surface area contributed by atoms with E-state index in [9.17, 15) is 0 Å². The van der Waals surface area contributed by atoms with Crippen LogP contribution in [-0.2, 0) is 17.7 Å². The van der Waals surface area contributed by atoms with Gasteiger partial charge in [0.2, 0.25) is 5.89 Å². The van der Waals surface area contributed by atoms with Gasteiger partial charge < -0.3 is 9.26 Å². The second-order valence-corrected chi connectivity index (χ2v) is 6.23. The van der Waals surface area contributed by atoms with Crippen LogP contribution in [0, 0.1) is 0 Å². The smallest absolute Gasteiger partial charge is 0.240 e. The van der Waals surface area contributed by atoms with Crippen molar-refractivity contribution in [1.82, 2.24) is 15.0 Å². The zero-order valence-corrected chi connectivity index (χ0v) is 13.9. The topological polar surface area (TPSA) is 51.4 Å². The quantitative estimate of drug-likeness (QED) is 0.818. The van der Waals surface area contributed by atoms with Gasteiger partial charge in [-0.25, -0.2) is 0 Å². The summed E-state index contributed by atoms with van der Waals surface area (Å²) in [7, 11) is 1.68. The number of piperidine rings is 1. The van der Waals surface area contributed by atoms with Gasteiger partial charge in [0.15, 0.2) is 5.82 Å². The van der Waals surface area contributed by atoms with Crippen molar-refractivity contribution in [3.05, 3.63) is 47.6 Å². The van der Waals surface area contributed by atoms with E-state index in [4.69, 9.17) is 9.26 Å². The lowest BCUT2D eigenvalue weighted by molar-refractivity contribution is 0.0722. The highest BCUT2D eigenvalue weighted by atomic mass is 16.5. The van der Waals surface area contributed by atoms with Gasteiger partial charge in [0.1, 0.15) is 0 Å². The molecule has 124 valence electrons. The van der Waals surface area contributed by atoms with Crippen molar-refractivity contribution in [3.8, 4) is 0 Å². The molecule has 1 aliphatic rings. The Balaban J connectivity index is 1.73. The highest BCUT2D eigenvalue weighted by Crippen LogP contribution is 2.35. The predicted molar refractivity (Wildman–Crippen MR) is 87.9 cm³/mol. The summed E-state index contributed by atoms with van der Waals surface area (Å²) < 4.78 is 10.5. The Bertz CT molecular complexity index is 599. The van der Waals surface area contributed by atoms with Crippen molar-refractivity contribution in [2.75, 3.05) is 13.7 Å². The van der Waals surface area contributed by atoms with Gasteiger partial charge in [-0.05, 0) is 25.3 Å². The highest BCUT2D eigenvalue weighted by Gasteiger charge is 2.30. The summed E-state index contributed by atoms with van der Waals surface area (Å²) in [4.78, 5) is 7.00. The molecule has 0 unspecified atom stereocenters. The molecule has 3 rings (SSSR count). The van der Waals surface area contributed by atoms with Crippen LogP contribution in [-0.4, -0.2) is 34.8 Å². The fourth-order valence-corrected chi connectivity index (χ4v) is 3.35. The molecule has 1 aliphatic heterocycles. The van der Waals surface area contributed by atoms with E-state index in [2.05, 4.69) is 52.3 Å². The second-order valence-electron chi connectivity index (χ2n) is 6.23. The van der Waals surface area contributed by atoms with E-state index in [0.717, 1.165) is 5.82 Å². The molecule has 0 amide bonds. The van der Waals surface area contributed by atoms with E-state index in [0.29, 0.717) is 37.5 Å². The number of hydrogen-bond donors (Lipinski definition) is 0.